The molecule has 1 rings (SSSR count). The number of nitrogens with one attached hydrogen (secondary N) is 1. The maximum Gasteiger partial charge on any atom is 0.224 e. The highest BCUT2D eigenvalue weighted by Gasteiger charge is 2.11. The molecule has 0 aliphatic heterocycles. The highest BCUT2D eigenvalue weighted by atomic mass is 35.5. The Labute approximate surface area is 119 Å². The van der Waals surface area contributed by atoms with Crippen molar-refractivity contribution in [1.82, 2.24) is 0 Å². The van der Waals surface area contributed by atoms with Crippen LogP contribution in [-0.2, 0) is 4.79 Å². The Morgan fingerprint density at radius 1 is 1.47 bits per heavy atom. The van der Waals surface area contributed by atoms with E-state index in [9.17, 15) is 4.79 Å². The van der Waals surface area contributed by atoms with Crippen molar-refractivity contribution >= 4 is 28.9 Å². The standard InChI is InChI=1S/C14H22ClN3O/c1-4-10(9-16)7-14(19)17-11-5-6-13(18(2)3)12(15)8-11/h5-6,8,10H,4,7,9,16H2,1-3H3,(H,17,19). The molecule has 0 bridgehead atoms. The Hall–Kier alpha value is -1.26. The molecular formula is C14H22ClN3O. The van der Waals surface area contributed by atoms with Gasteiger partial charge in [0, 0.05) is 26.2 Å². The van der Waals surface area contributed by atoms with E-state index in [0.29, 0.717) is 23.7 Å². The van der Waals surface area contributed by atoms with Gasteiger partial charge in [0.25, 0.3) is 0 Å². The highest BCUT2D eigenvalue weighted by Crippen LogP contribution is 2.27. The zero-order valence-corrected chi connectivity index (χ0v) is 12.5. The molecule has 0 radical (unpaired) electrons. The minimum atomic E-state index is -0.0223. The number of benzene rings is 1. The van der Waals surface area contributed by atoms with Gasteiger partial charge in [0.05, 0.1) is 10.7 Å². The van der Waals surface area contributed by atoms with Crippen LogP contribution in [0.1, 0.15) is 19.8 Å². The highest BCUT2D eigenvalue weighted by molar-refractivity contribution is 6.33. The molecule has 4 nitrogen and oxygen atoms in total. The third-order valence-electron chi connectivity index (χ3n) is 3.10. The van der Waals surface area contributed by atoms with Gasteiger partial charge in [-0.1, -0.05) is 24.9 Å². The van der Waals surface area contributed by atoms with E-state index < -0.39 is 0 Å². The van der Waals surface area contributed by atoms with Gasteiger partial charge in [-0.3, -0.25) is 4.79 Å². The maximum absolute atomic E-state index is 11.9. The second kappa shape index (κ2) is 7.36. The van der Waals surface area contributed by atoms with E-state index in [1.165, 1.54) is 0 Å². The third-order valence-corrected chi connectivity index (χ3v) is 3.40. The number of carbonyl (C=O) groups excluding carboxylic acids is 1. The smallest absolute Gasteiger partial charge is 0.224 e. The predicted octanol–water partition coefficient (Wildman–Crippen LogP) is 2.72. The van der Waals surface area contributed by atoms with Crippen molar-refractivity contribution in [2.75, 3.05) is 30.9 Å². The van der Waals surface area contributed by atoms with E-state index >= 15 is 0 Å². The van der Waals surface area contributed by atoms with Crippen LogP contribution in [0.25, 0.3) is 0 Å². The number of nitrogens with two attached hydrogens (primary N) is 1. The number of hydrogen-bond donors (Lipinski definition) is 2. The average molecular weight is 284 g/mol. The molecule has 0 aliphatic carbocycles. The van der Waals surface area contributed by atoms with Gasteiger partial charge in [-0.25, -0.2) is 0 Å². The average Bonchev–Trinajstić information content (AvgIpc) is 2.35. The van der Waals surface area contributed by atoms with Gasteiger partial charge < -0.3 is 16.0 Å². The number of rotatable bonds is 6. The van der Waals surface area contributed by atoms with E-state index in [-0.39, 0.29) is 11.8 Å². The molecule has 3 N–H and O–H groups in total. The van der Waals surface area contributed by atoms with Crippen LogP contribution in [0.3, 0.4) is 0 Å². The fourth-order valence-corrected chi connectivity index (χ4v) is 2.17. The summed E-state index contributed by atoms with van der Waals surface area (Å²) in [5, 5.41) is 3.47. The van der Waals surface area contributed by atoms with Crippen LogP contribution in [0.15, 0.2) is 18.2 Å². The number of halogens is 1. The molecule has 0 aliphatic rings. The summed E-state index contributed by atoms with van der Waals surface area (Å²) in [5.74, 6) is 0.211. The molecule has 0 spiro atoms. The van der Waals surface area contributed by atoms with Crippen molar-refractivity contribution in [3.05, 3.63) is 23.2 Å². The Morgan fingerprint density at radius 3 is 2.63 bits per heavy atom. The van der Waals surface area contributed by atoms with Crippen LogP contribution in [0.2, 0.25) is 5.02 Å². The van der Waals surface area contributed by atoms with E-state index in [2.05, 4.69) is 5.32 Å². The molecule has 1 atom stereocenters. The fraction of sp³-hybridized carbons (Fsp3) is 0.500. The molecule has 1 aromatic carbocycles. The van der Waals surface area contributed by atoms with E-state index in [1.54, 1.807) is 6.07 Å². The number of hydrogen-bond acceptors (Lipinski definition) is 3. The first-order valence-electron chi connectivity index (χ1n) is 6.44. The maximum atomic E-state index is 11.9. The third kappa shape index (κ3) is 4.73. The van der Waals surface area contributed by atoms with Crippen LogP contribution in [-0.4, -0.2) is 26.5 Å². The number of carbonyl (C=O) groups is 1. The van der Waals surface area contributed by atoms with Gasteiger partial charge in [0.2, 0.25) is 5.91 Å². The number of nitrogens with zero attached hydrogens (tertiary/aromatic N) is 1. The molecule has 106 valence electrons. The molecule has 0 saturated heterocycles. The van der Waals surface area contributed by atoms with Gasteiger partial charge >= 0.3 is 0 Å². The van der Waals surface area contributed by atoms with Crippen LogP contribution in [0.4, 0.5) is 11.4 Å². The van der Waals surface area contributed by atoms with E-state index in [0.717, 1.165) is 12.1 Å². The van der Waals surface area contributed by atoms with Crippen molar-refractivity contribution in [2.24, 2.45) is 11.7 Å². The summed E-state index contributed by atoms with van der Waals surface area (Å²) in [6, 6.07) is 5.50. The van der Waals surface area contributed by atoms with Crippen molar-refractivity contribution in [3.63, 3.8) is 0 Å². The molecular weight excluding hydrogens is 262 g/mol. The molecule has 0 aromatic heterocycles. The minimum absolute atomic E-state index is 0.0223. The van der Waals surface area contributed by atoms with Gasteiger partial charge in [0.1, 0.15) is 0 Å². The summed E-state index contributed by atoms with van der Waals surface area (Å²) in [6.07, 6.45) is 1.35. The number of amides is 1. The molecule has 1 aromatic rings. The second-order valence-corrected chi connectivity index (χ2v) is 5.23. The van der Waals surface area contributed by atoms with Crippen molar-refractivity contribution in [1.29, 1.82) is 0 Å². The molecule has 1 unspecified atom stereocenters. The van der Waals surface area contributed by atoms with Crippen molar-refractivity contribution in [3.8, 4) is 0 Å². The molecule has 0 fully saturated rings. The molecule has 1 amide bonds. The zero-order valence-electron chi connectivity index (χ0n) is 11.7. The van der Waals surface area contributed by atoms with Gasteiger partial charge in [-0.15, -0.1) is 0 Å². The predicted molar refractivity (Wildman–Crippen MR) is 81.9 cm³/mol. The summed E-state index contributed by atoms with van der Waals surface area (Å²) < 4.78 is 0. The largest absolute Gasteiger partial charge is 0.376 e. The quantitative estimate of drug-likeness (QED) is 0.844. The topological polar surface area (TPSA) is 58.4 Å². The zero-order chi connectivity index (χ0) is 14.4. The van der Waals surface area contributed by atoms with Gasteiger partial charge in [-0.2, -0.15) is 0 Å². The van der Waals surface area contributed by atoms with E-state index in [1.807, 2.05) is 38.1 Å². The molecule has 5 heteroatoms. The van der Waals surface area contributed by atoms with Crippen molar-refractivity contribution in [2.45, 2.75) is 19.8 Å². The Balaban J connectivity index is 2.67. The van der Waals surface area contributed by atoms with Crippen molar-refractivity contribution < 1.29 is 4.79 Å². The summed E-state index contributed by atoms with van der Waals surface area (Å²) in [6.45, 7) is 2.57. The summed E-state index contributed by atoms with van der Waals surface area (Å²) in [5.41, 5.74) is 7.23. The Bertz CT molecular complexity index is 431. The Morgan fingerprint density at radius 2 is 2.16 bits per heavy atom. The molecule has 19 heavy (non-hydrogen) atoms. The van der Waals surface area contributed by atoms with Crippen LogP contribution < -0.4 is 16.0 Å². The Kier molecular flexibility index (Phi) is 6.12. The second-order valence-electron chi connectivity index (χ2n) is 4.82. The lowest BCUT2D eigenvalue weighted by atomic mass is 10.0. The van der Waals surface area contributed by atoms with Crippen LogP contribution in [0, 0.1) is 5.92 Å². The lowest BCUT2D eigenvalue weighted by Gasteiger charge is -2.16. The van der Waals surface area contributed by atoms with Gasteiger partial charge in [0.15, 0.2) is 0 Å². The summed E-state index contributed by atoms with van der Waals surface area (Å²) in [7, 11) is 3.85. The lowest BCUT2D eigenvalue weighted by molar-refractivity contribution is -0.117. The number of anilines is 2. The molecule has 0 heterocycles. The normalized spacial score (nSPS) is 12.1. The van der Waals surface area contributed by atoms with Crippen LogP contribution >= 0.6 is 11.6 Å². The first-order chi connectivity index (χ1) is 8.97. The van der Waals surface area contributed by atoms with E-state index in [4.69, 9.17) is 17.3 Å². The first-order valence-corrected chi connectivity index (χ1v) is 6.82. The fourth-order valence-electron chi connectivity index (χ4n) is 1.82. The van der Waals surface area contributed by atoms with Crippen LogP contribution in [0.5, 0.6) is 0 Å². The monoisotopic (exact) mass is 283 g/mol. The lowest BCUT2D eigenvalue weighted by Crippen LogP contribution is -2.21. The molecule has 0 saturated carbocycles. The van der Waals surface area contributed by atoms with Gasteiger partial charge in [-0.05, 0) is 30.7 Å². The summed E-state index contributed by atoms with van der Waals surface area (Å²) >= 11 is 6.16. The first kappa shape index (κ1) is 15.8. The SMILES string of the molecule is CCC(CN)CC(=O)Nc1ccc(N(C)C)c(Cl)c1. The minimum Gasteiger partial charge on any atom is -0.376 e. The summed E-state index contributed by atoms with van der Waals surface area (Å²) in [4.78, 5) is 13.8.